The number of hydrogen-bond donors (Lipinski definition) is 0. The van der Waals surface area contributed by atoms with E-state index in [1.807, 2.05) is 0 Å². The molecule has 0 aliphatic carbocycles. The van der Waals surface area contributed by atoms with Gasteiger partial charge in [0.1, 0.15) is 11.5 Å². The molecular weight excluding hydrogens is 380 g/mol. The average molecular weight is 390 g/mol. The number of carbonyl (C=O) groups is 1. The lowest BCUT2D eigenvalue weighted by Crippen LogP contribution is -2.33. The molecule has 0 N–H and O–H groups in total. The number of non-ortho nitro benzene ring substituents is 2. The maximum Gasteiger partial charge on any atom is 0.340 e. The van der Waals surface area contributed by atoms with Gasteiger partial charge in [0.2, 0.25) is 0 Å². The first-order chi connectivity index (χ1) is 13.9. The molecule has 142 valence electrons. The number of nitro benzene ring substituents is 2. The standard InChI is InChI=1S/C20H10N2O7/c23-19-13-3-1-2-4-14(13)20(29-19)15-9-11(21(24)25)5-7-17(15)28-18-8-6-12(22(26)27)10-16(18)20/h1-10H. The molecule has 9 nitrogen and oxygen atoms in total. The van der Waals surface area contributed by atoms with Crippen molar-refractivity contribution in [2.75, 3.05) is 0 Å². The smallest absolute Gasteiger partial charge is 0.340 e. The quantitative estimate of drug-likeness (QED) is 0.367. The van der Waals surface area contributed by atoms with Crippen molar-refractivity contribution >= 4 is 17.3 Å². The Labute approximate surface area is 162 Å². The van der Waals surface area contributed by atoms with Crippen molar-refractivity contribution in [3.8, 4) is 11.5 Å². The first-order valence-corrected chi connectivity index (χ1v) is 8.50. The van der Waals surface area contributed by atoms with Gasteiger partial charge in [-0.25, -0.2) is 4.79 Å². The molecule has 0 atom stereocenters. The monoisotopic (exact) mass is 390 g/mol. The topological polar surface area (TPSA) is 122 Å². The number of carbonyl (C=O) groups excluding carboxylic acids is 1. The minimum absolute atomic E-state index is 0.221. The Bertz CT molecular complexity index is 1190. The zero-order valence-electron chi connectivity index (χ0n) is 14.5. The second kappa shape index (κ2) is 5.61. The van der Waals surface area contributed by atoms with Gasteiger partial charge in [-0.05, 0) is 18.2 Å². The Kier molecular flexibility index (Phi) is 3.27. The normalized spacial score (nSPS) is 15.0. The van der Waals surface area contributed by atoms with Gasteiger partial charge in [-0.1, -0.05) is 18.2 Å². The maximum atomic E-state index is 12.7. The second-order valence-corrected chi connectivity index (χ2v) is 6.59. The van der Waals surface area contributed by atoms with E-state index >= 15 is 0 Å². The molecule has 2 aliphatic rings. The van der Waals surface area contributed by atoms with Gasteiger partial charge < -0.3 is 9.47 Å². The van der Waals surface area contributed by atoms with Gasteiger partial charge in [0.05, 0.1) is 26.5 Å². The lowest BCUT2D eigenvalue weighted by molar-refractivity contribution is -0.385. The zero-order chi connectivity index (χ0) is 20.3. The van der Waals surface area contributed by atoms with Crippen LogP contribution in [0.1, 0.15) is 27.0 Å². The van der Waals surface area contributed by atoms with E-state index in [0.29, 0.717) is 5.56 Å². The predicted octanol–water partition coefficient (Wildman–Crippen LogP) is 4.07. The molecule has 2 aliphatic heterocycles. The predicted molar refractivity (Wildman–Crippen MR) is 98.0 cm³/mol. The van der Waals surface area contributed by atoms with Crippen molar-refractivity contribution in [1.29, 1.82) is 0 Å². The van der Waals surface area contributed by atoms with Crippen LogP contribution in [0.15, 0.2) is 60.7 Å². The fourth-order valence-electron chi connectivity index (χ4n) is 3.87. The molecule has 3 aromatic carbocycles. The van der Waals surface area contributed by atoms with Crippen LogP contribution < -0.4 is 4.74 Å². The van der Waals surface area contributed by atoms with Crippen LogP contribution in [0.25, 0.3) is 0 Å². The number of nitrogens with zero attached hydrogens (tertiary/aromatic N) is 2. The first kappa shape index (κ1) is 16.9. The van der Waals surface area contributed by atoms with Crippen molar-refractivity contribution in [3.63, 3.8) is 0 Å². The van der Waals surface area contributed by atoms with Crippen LogP contribution in [0, 0.1) is 20.2 Å². The fraction of sp³-hybridized carbons (Fsp3) is 0.0500. The first-order valence-electron chi connectivity index (χ1n) is 8.50. The van der Waals surface area contributed by atoms with E-state index in [-0.39, 0.29) is 39.6 Å². The molecule has 2 heterocycles. The van der Waals surface area contributed by atoms with Crippen molar-refractivity contribution in [2.45, 2.75) is 5.60 Å². The number of ether oxygens (including phenoxy) is 2. The van der Waals surface area contributed by atoms with Gasteiger partial charge in [0, 0.05) is 29.8 Å². The largest absolute Gasteiger partial charge is 0.456 e. The highest BCUT2D eigenvalue weighted by Gasteiger charge is 2.54. The van der Waals surface area contributed by atoms with Crippen LogP contribution in [0.3, 0.4) is 0 Å². The molecule has 29 heavy (non-hydrogen) atoms. The molecule has 0 bridgehead atoms. The SMILES string of the molecule is O=C1OC2(c3cc([N+](=O)[O-])ccc3Oc3ccc([N+](=O)[O-])cc32)c2ccccc21. The van der Waals surface area contributed by atoms with Crippen molar-refractivity contribution in [1.82, 2.24) is 0 Å². The summed E-state index contributed by atoms with van der Waals surface area (Å²) in [7, 11) is 0. The molecular formula is C20H10N2O7. The highest BCUT2D eigenvalue weighted by Crippen LogP contribution is 2.57. The number of benzene rings is 3. The Hall–Kier alpha value is -4.27. The molecule has 0 saturated heterocycles. The summed E-state index contributed by atoms with van der Waals surface area (Å²) in [5, 5.41) is 22.7. The number of nitro groups is 2. The average Bonchev–Trinajstić information content (AvgIpc) is 3.01. The van der Waals surface area contributed by atoms with E-state index < -0.39 is 21.4 Å². The van der Waals surface area contributed by atoms with Crippen LogP contribution in [0.5, 0.6) is 11.5 Å². The third kappa shape index (κ3) is 2.18. The van der Waals surface area contributed by atoms with Crippen LogP contribution in [0.4, 0.5) is 11.4 Å². The highest BCUT2D eigenvalue weighted by molar-refractivity contribution is 5.97. The van der Waals surface area contributed by atoms with Crippen LogP contribution in [0.2, 0.25) is 0 Å². The van der Waals surface area contributed by atoms with Crippen LogP contribution in [-0.4, -0.2) is 15.8 Å². The zero-order valence-corrected chi connectivity index (χ0v) is 14.5. The molecule has 0 aromatic heterocycles. The third-order valence-corrected chi connectivity index (χ3v) is 5.10. The molecule has 0 radical (unpaired) electrons. The van der Waals surface area contributed by atoms with E-state index in [0.717, 1.165) is 0 Å². The van der Waals surface area contributed by atoms with E-state index in [1.54, 1.807) is 24.3 Å². The Morgan fingerprint density at radius 3 is 1.86 bits per heavy atom. The summed E-state index contributed by atoms with van der Waals surface area (Å²) < 4.78 is 11.7. The Morgan fingerprint density at radius 1 is 0.759 bits per heavy atom. The summed E-state index contributed by atoms with van der Waals surface area (Å²) in [6.45, 7) is 0. The van der Waals surface area contributed by atoms with Gasteiger partial charge in [-0.3, -0.25) is 20.2 Å². The molecule has 5 rings (SSSR count). The third-order valence-electron chi connectivity index (χ3n) is 5.10. The Balaban J connectivity index is 1.90. The van der Waals surface area contributed by atoms with E-state index in [4.69, 9.17) is 9.47 Å². The van der Waals surface area contributed by atoms with E-state index in [1.165, 1.54) is 36.4 Å². The molecule has 0 amide bonds. The van der Waals surface area contributed by atoms with Crippen molar-refractivity contribution < 1.29 is 24.1 Å². The van der Waals surface area contributed by atoms with E-state index in [2.05, 4.69) is 0 Å². The van der Waals surface area contributed by atoms with E-state index in [9.17, 15) is 25.0 Å². The summed E-state index contributed by atoms with van der Waals surface area (Å²) in [6.07, 6.45) is 0. The highest BCUT2D eigenvalue weighted by atomic mass is 16.6. The molecule has 0 fully saturated rings. The van der Waals surface area contributed by atoms with Crippen LogP contribution >= 0.6 is 0 Å². The minimum atomic E-state index is -1.59. The van der Waals surface area contributed by atoms with Gasteiger partial charge in [-0.2, -0.15) is 0 Å². The summed E-state index contributed by atoms with van der Waals surface area (Å²) in [5.74, 6) is -0.0969. The van der Waals surface area contributed by atoms with Crippen molar-refractivity contribution in [2.24, 2.45) is 0 Å². The number of esters is 1. The minimum Gasteiger partial charge on any atom is -0.456 e. The molecule has 0 unspecified atom stereocenters. The fourth-order valence-corrected chi connectivity index (χ4v) is 3.87. The summed E-state index contributed by atoms with van der Waals surface area (Å²) in [6, 6.07) is 14.6. The van der Waals surface area contributed by atoms with Crippen molar-refractivity contribution in [3.05, 3.63) is 103 Å². The number of hydrogen-bond acceptors (Lipinski definition) is 7. The van der Waals surface area contributed by atoms with Gasteiger partial charge in [-0.15, -0.1) is 0 Å². The summed E-state index contributed by atoms with van der Waals surface area (Å²) >= 11 is 0. The molecule has 1 spiro atoms. The number of fused-ring (bicyclic) bond motifs is 6. The van der Waals surface area contributed by atoms with Gasteiger partial charge in [0.25, 0.3) is 11.4 Å². The second-order valence-electron chi connectivity index (χ2n) is 6.59. The van der Waals surface area contributed by atoms with Crippen LogP contribution in [-0.2, 0) is 10.3 Å². The lowest BCUT2D eigenvalue weighted by atomic mass is 9.77. The molecule has 3 aromatic rings. The molecule has 0 saturated carbocycles. The summed E-state index contributed by atoms with van der Waals surface area (Å²) in [4.78, 5) is 34.2. The Morgan fingerprint density at radius 2 is 1.31 bits per heavy atom. The number of rotatable bonds is 2. The molecule has 9 heteroatoms. The van der Waals surface area contributed by atoms with Gasteiger partial charge >= 0.3 is 5.97 Å². The summed E-state index contributed by atoms with van der Waals surface area (Å²) in [5.41, 5.74) is -0.839. The lowest BCUT2D eigenvalue weighted by Gasteiger charge is -2.36. The maximum absolute atomic E-state index is 12.7. The van der Waals surface area contributed by atoms with Gasteiger partial charge in [0.15, 0.2) is 5.60 Å².